The van der Waals surface area contributed by atoms with Crippen molar-refractivity contribution in [2.75, 3.05) is 39.4 Å². The number of aliphatic carboxylic acids is 1. The lowest BCUT2D eigenvalue weighted by molar-refractivity contribution is -0.145. The van der Waals surface area contributed by atoms with Crippen LogP contribution in [0, 0.1) is 0 Å². The first kappa shape index (κ1) is 16.4. The fourth-order valence-electron chi connectivity index (χ4n) is 1.72. The van der Waals surface area contributed by atoms with Crippen LogP contribution in [0.1, 0.15) is 27.7 Å². The number of nitrogens with one attached hydrogen (secondary N) is 1. The quantitative estimate of drug-likeness (QED) is 0.558. The lowest BCUT2D eigenvalue weighted by Gasteiger charge is -2.32. The van der Waals surface area contributed by atoms with Crippen molar-refractivity contribution in [3.8, 4) is 0 Å². The Morgan fingerprint density at radius 2 is 2.06 bits per heavy atom. The summed E-state index contributed by atoms with van der Waals surface area (Å²) in [6, 6.07) is 0. The molecule has 0 saturated carbocycles. The minimum absolute atomic E-state index is 0.486. The van der Waals surface area contributed by atoms with Gasteiger partial charge >= 0.3 is 5.97 Å². The monoisotopic (exact) mass is 246 g/mol. The van der Waals surface area contributed by atoms with Gasteiger partial charge in [-0.3, -0.25) is 9.69 Å². The number of likely N-dealkylation sites (N-methyl/N-ethyl adjacent to an activating group) is 2. The molecule has 0 saturated heterocycles. The van der Waals surface area contributed by atoms with E-state index >= 15 is 0 Å². The molecule has 0 heterocycles. The number of carbonyl (C=O) groups is 1. The van der Waals surface area contributed by atoms with Crippen molar-refractivity contribution < 1.29 is 14.6 Å². The Balaban J connectivity index is 4.33. The van der Waals surface area contributed by atoms with Gasteiger partial charge in [-0.15, -0.1) is 0 Å². The molecular formula is C12H26N2O3. The van der Waals surface area contributed by atoms with Crippen LogP contribution in [0.3, 0.4) is 0 Å². The summed E-state index contributed by atoms with van der Waals surface area (Å²) in [5.41, 5.74) is -0.892. The average Bonchev–Trinajstić information content (AvgIpc) is 2.28. The van der Waals surface area contributed by atoms with E-state index in [1.807, 2.05) is 20.8 Å². The molecule has 5 heteroatoms. The number of hydrogen-bond acceptors (Lipinski definition) is 4. The maximum absolute atomic E-state index is 11.3. The molecule has 0 spiro atoms. The standard InChI is InChI=1S/C12H26N2O3/c1-5-13-12(4,11(15)16)10-14(6-2)8-9-17-7-3/h13H,5-10H2,1-4H3,(H,15,16). The number of nitrogens with zero attached hydrogens (tertiary/aromatic N) is 1. The second-order valence-electron chi connectivity index (χ2n) is 4.23. The van der Waals surface area contributed by atoms with Gasteiger partial charge in [0.2, 0.25) is 0 Å². The summed E-state index contributed by atoms with van der Waals surface area (Å²) in [4.78, 5) is 13.4. The Morgan fingerprint density at radius 1 is 1.41 bits per heavy atom. The Hall–Kier alpha value is -0.650. The average molecular weight is 246 g/mol. The molecular weight excluding hydrogens is 220 g/mol. The summed E-state index contributed by atoms with van der Waals surface area (Å²) in [6.07, 6.45) is 0. The number of carboxylic acid groups (broad SMARTS) is 1. The molecule has 102 valence electrons. The van der Waals surface area contributed by atoms with E-state index in [1.165, 1.54) is 0 Å². The number of ether oxygens (including phenoxy) is 1. The van der Waals surface area contributed by atoms with Gasteiger partial charge in [-0.25, -0.2) is 0 Å². The SMILES string of the molecule is CCNC(C)(CN(CC)CCOCC)C(=O)O. The predicted molar refractivity (Wildman–Crippen MR) is 68.3 cm³/mol. The third-order valence-corrected chi connectivity index (χ3v) is 2.78. The van der Waals surface area contributed by atoms with Crippen molar-refractivity contribution in [1.29, 1.82) is 0 Å². The Bertz CT molecular complexity index is 224. The third-order valence-electron chi connectivity index (χ3n) is 2.78. The molecule has 0 amide bonds. The Kier molecular flexibility index (Phi) is 8.12. The highest BCUT2D eigenvalue weighted by Gasteiger charge is 2.33. The van der Waals surface area contributed by atoms with E-state index in [2.05, 4.69) is 10.2 Å². The zero-order chi connectivity index (χ0) is 13.3. The van der Waals surface area contributed by atoms with Crippen LogP contribution in [-0.4, -0.2) is 60.9 Å². The van der Waals surface area contributed by atoms with Crippen molar-refractivity contribution in [3.05, 3.63) is 0 Å². The molecule has 0 rings (SSSR count). The van der Waals surface area contributed by atoms with E-state index in [1.54, 1.807) is 6.92 Å². The third kappa shape index (κ3) is 6.00. The van der Waals surface area contributed by atoms with Crippen LogP contribution in [0.4, 0.5) is 0 Å². The molecule has 0 bridgehead atoms. The summed E-state index contributed by atoms with van der Waals surface area (Å²) < 4.78 is 5.29. The van der Waals surface area contributed by atoms with E-state index in [0.29, 0.717) is 26.3 Å². The van der Waals surface area contributed by atoms with E-state index in [4.69, 9.17) is 4.74 Å². The van der Waals surface area contributed by atoms with Gasteiger partial charge in [0.05, 0.1) is 6.61 Å². The van der Waals surface area contributed by atoms with Crippen LogP contribution in [-0.2, 0) is 9.53 Å². The van der Waals surface area contributed by atoms with Gasteiger partial charge in [-0.05, 0) is 26.9 Å². The van der Waals surface area contributed by atoms with Gasteiger partial charge in [-0.2, -0.15) is 0 Å². The maximum Gasteiger partial charge on any atom is 0.324 e. The number of carboxylic acids is 1. The predicted octanol–water partition coefficient (Wildman–Crippen LogP) is 0.798. The van der Waals surface area contributed by atoms with Crippen molar-refractivity contribution in [3.63, 3.8) is 0 Å². The molecule has 0 aromatic heterocycles. The van der Waals surface area contributed by atoms with Crippen molar-refractivity contribution in [1.82, 2.24) is 10.2 Å². The molecule has 17 heavy (non-hydrogen) atoms. The van der Waals surface area contributed by atoms with E-state index in [9.17, 15) is 9.90 Å². The van der Waals surface area contributed by atoms with Crippen LogP contribution in [0.2, 0.25) is 0 Å². The second kappa shape index (κ2) is 8.44. The smallest absolute Gasteiger partial charge is 0.324 e. The van der Waals surface area contributed by atoms with Crippen LogP contribution >= 0.6 is 0 Å². The first-order valence-corrected chi connectivity index (χ1v) is 6.28. The highest BCUT2D eigenvalue weighted by atomic mass is 16.5. The summed E-state index contributed by atoms with van der Waals surface area (Å²) in [7, 11) is 0. The lowest BCUT2D eigenvalue weighted by atomic mass is 10.0. The van der Waals surface area contributed by atoms with Crippen molar-refractivity contribution >= 4 is 5.97 Å². The first-order valence-electron chi connectivity index (χ1n) is 6.28. The molecule has 0 radical (unpaired) electrons. The molecule has 0 aliphatic carbocycles. The second-order valence-corrected chi connectivity index (χ2v) is 4.23. The number of hydrogen-bond donors (Lipinski definition) is 2. The van der Waals surface area contributed by atoms with Gasteiger partial charge in [-0.1, -0.05) is 13.8 Å². The fraction of sp³-hybridized carbons (Fsp3) is 0.917. The molecule has 0 aliphatic heterocycles. The fourth-order valence-corrected chi connectivity index (χ4v) is 1.72. The first-order chi connectivity index (χ1) is 8.00. The highest BCUT2D eigenvalue weighted by Crippen LogP contribution is 2.07. The Morgan fingerprint density at radius 3 is 2.47 bits per heavy atom. The summed E-state index contributed by atoms with van der Waals surface area (Å²) in [5.74, 6) is -0.811. The molecule has 0 aromatic rings. The lowest BCUT2D eigenvalue weighted by Crippen LogP contribution is -2.57. The largest absolute Gasteiger partial charge is 0.480 e. The zero-order valence-corrected chi connectivity index (χ0v) is 11.5. The van der Waals surface area contributed by atoms with E-state index in [-0.39, 0.29) is 0 Å². The molecule has 2 N–H and O–H groups in total. The molecule has 1 atom stereocenters. The molecule has 1 unspecified atom stereocenters. The van der Waals surface area contributed by atoms with Crippen molar-refractivity contribution in [2.24, 2.45) is 0 Å². The van der Waals surface area contributed by atoms with Gasteiger partial charge in [0.15, 0.2) is 0 Å². The normalized spacial score (nSPS) is 14.9. The zero-order valence-electron chi connectivity index (χ0n) is 11.5. The molecule has 0 fully saturated rings. The maximum atomic E-state index is 11.3. The summed E-state index contributed by atoms with van der Waals surface area (Å²) in [5, 5.41) is 12.3. The van der Waals surface area contributed by atoms with Crippen LogP contribution in [0.15, 0.2) is 0 Å². The molecule has 0 aliphatic rings. The number of rotatable bonds is 10. The van der Waals surface area contributed by atoms with Crippen LogP contribution < -0.4 is 5.32 Å². The topological polar surface area (TPSA) is 61.8 Å². The Labute approximate surface area is 104 Å². The van der Waals surface area contributed by atoms with Crippen molar-refractivity contribution in [2.45, 2.75) is 33.2 Å². The van der Waals surface area contributed by atoms with Gasteiger partial charge < -0.3 is 15.2 Å². The summed E-state index contributed by atoms with van der Waals surface area (Å²) in [6.45, 7) is 11.7. The van der Waals surface area contributed by atoms with Gasteiger partial charge in [0.1, 0.15) is 5.54 Å². The van der Waals surface area contributed by atoms with Gasteiger partial charge in [0, 0.05) is 19.7 Å². The minimum Gasteiger partial charge on any atom is -0.480 e. The van der Waals surface area contributed by atoms with Crippen LogP contribution in [0.25, 0.3) is 0 Å². The highest BCUT2D eigenvalue weighted by molar-refractivity contribution is 5.78. The summed E-state index contributed by atoms with van der Waals surface area (Å²) >= 11 is 0. The van der Waals surface area contributed by atoms with Gasteiger partial charge in [0.25, 0.3) is 0 Å². The van der Waals surface area contributed by atoms with E-state index in [0.717, 1.165) is 13.1 Å². The molecule has 5 nitrogen and oxygen atoms in total. The van der Waals surface area contributed by atoms with E-state index < -0.39 is 11.5 Å². The molecule has 0 aromatic carbocycles. The van der Waals surface area contributed by atoms with Crippen LogP contribution in [0.5, 0.6) is 0 Å². The minimum atomic E-state index is -0.892.